The minimum atomic E-state index is -0.182. The van der Waals surface area contributed by atoms with Crippen molar-refractivity contribution < 1.29 is 9.21 Å². The highest BCUT2D eigenvalue weighted by molar-refractivity contribution is 7.14. The molecule has 0 atom stereocenters. The molecule has 1 amide bonds. The molecule has 0 aliphatic heterocycles. The highest BCUT2D eigenvalue weighted by Crippen LogP contribution is 2.30. The molecule has 7 heteroatoms. The first-order chi connectivity index (χ1) is 13.5. The Hall–Kier alpha value is -2.83. The van der Waals surface area contributed by atoms with Crippen LogP contribution in [-0.4, -0.2) is 15.5 Å². The second-order valence-electron chi connectivity index (χ2n) is 6.42. The number of benzene rings is 1. The van der Waals surface area contributed by atoms with Crippen molar-refractivity contribution in [2.24, 2.45) is 0 Å². The average Bonchev–Trinajstić information content (AvgIpc) is 3.40. The molecule has 4 aromatic rings. The molecule has 3 heterocycles. The second-order valence-corrected chi connectivity index (χ2v) is 7.69. The number of nitrogens with one attached hydrogen (secondary N) is 1. The molecule has 0 saturated carbocycles. The zero-order chi connectivity index (χ0) is 19.7. The summed E-state index contributed by atoms with van der Waals surface area (Å²) in [5, 5.41) is 5.95. The molecule has 1 aromatic carbocycles. The van der Waals surface area contributed by atoms with Crippen LogP contribution in [0.2, 0.25) is 5.02 Å². The molecule has 0 aliphatic carbocycles. The van der Waals surface area contributed by atoms with Crippen LogP contribution >= 0.6 is 22.9 Å². The number of hydrogen-bond donors (Lipinski definition) is 1. The van der Waals surface area contributed by atoms with Crippen molar-refractivity contribution in [2.45, 2.75) is 20.4 Å². The number of amides is 1. The zero-order valence-corrected chi connectivity index (χ0v) is 17.0. The monoisotopic (exact) mass is 411 g/mol. The number of furan rings is 1. The third kappa shape index (κ3) is 3.61. The number of nitrogens with zero attached hydrogens (tertiary/aromatic N) is 2. The molecule has 1 N–H and O–H groups in total. The second kappa shape index (κ2) is 7.66. The Morgan fingerprint density at radius 3 is 2.82 bits per heavy atom. The Balaban J connectivity index is 1.54. The lowest BCUT2D eigenvalue weighted by Gasteiger charge is -2.08. The minimum Gasteiger partial charge on any atom is -0.467 e. The van der Waals surface area contributed by atoms with E-state index in [2.05, 4.69) is 14.9 Å². The van der Waals surface area contributed by atoms with E-state index < -0.39 is 0 Å². The summed E-state index contributed by atoms with van der Waals surface area (Å²) in [5.74, 6) is 0.664. The van der Waals surface area contributed by atoms with Crippen molar-refractivity contribution in [2.75, 3.05) is 5.32 Å². The van der Waals surface area contributed by atoms with Gasteiger partial charge in [0.15, 0.2) is 5.13 Å². The zero-order valence-electron chi connectivity index (χ0n) is 15.4. The minimum absolute atomic E-state index is 0.182. The Bertz CT molecular complexity index is 1130. The molecule has 3 aromatic heterocycles. The maximum atomic E-state index is 12.8. The van der Waals surface area contributed by atoms with Gasteiger partial charge in [0.25, 0.3) is 5.91 Å². The maximum absolute atomic E-state index is 12.8. The van der Waals surface area contributed by atoms with Crippen molar-refractivity contribution >= 4 is 34.0 Å². The fourth-order valence-corrected chi connectivity index (χ4v) is 4.06. The normalized spacial score (nSPS) is 11.0. The first kappa shape index (κ1) is 18.5. The van der Waals surface area contributed by atoms with Crippen LogP contribution in [0.25, 0.3) is 11.3 Å². The van der Waals surface area contributed by atoms with Crippen molar-refractivity contribution in [3.05, 3.63) is 81.8 Å². The number of thiazole rings is 1. The molecule has 4 rings (SSSR count). The first-order valence-corrected chi connectivity index (χ1v) is 9.99. The lowest BCUT2D eigenvalue weighted by Crippen LogP contribution is -2.13. The van der Waals surface area contributed by atoms with Crippen LogP contribution in [0, 0.1) is 13.8 Å². The van der Waals surface area contributed by atoms with Crippen molar-refractivity contribution in [3.8, 4) is 11.3 Å². The predicted molar refractivity (Wildman–Crippen MR) is 112 cm³/mol. The summed E-state index contributed by atoms with van der Waals surface area (Å²) in [7, 11) is 0. The van der Waals surface area contributed by atoms with Crippen LogP contribution in [0.4, 0.5) is 5.13 Å². The van der Waals surface area contributed by atoms with Gasteiger partial charge in [0.05, 0.1) is 24.1 Å². The number of aryl methyl sites for hydroxylation is 1. The molecular formula is C21H18ClN3O2S. The number of hydrogen-bond acceptors (Lipinski definition) is 4. The van der Waals surface area contributed by atoms with E-state index >= 15 is 0 Å². The fourth-order valence-electron chi connectivity index (χ4n) is 3.12. The molecule has 0 fully saturated rings. The maximum Gasteiger partial charge on any atom is 0.259 e. The highest BCUT2D eigenvalue weighted by atomic mass is 35.5. The molecule has 0 spiro atoms. The molecule has 0 radical (unpaired) electrons. The van der Waals surface area contributed by atoms with Gasteiger partial charge in [-0.15, -0.1) is 11.3 Å². The van der Waals surface area contributed by atoms with E-state index in [0.717, 1.165) is 28.4 Å². The topological polar surface area (TPSA) is 60.1 Å². The van der Waals surface area contributed by atoms with Crippen LogP contribution in [0.1, 0.15) is 27.5 Å². The fraction of sp³-hybridized carbons (Fsp3) is 0.143. The molecule has 0 bridgehead atoms. The molecule has 5 nitrogen and oxygen atoms in total. The van der Waals surface area contributed by atoms with E-state index in [9.17, 15) is 4.79 Å². The average molecular weight is 412 g/mol. The van der Waals surface area contributed by atoms with E-state index in [1.165, 1.54) is 11.3 Å². The molecular weight excluding hydrogens is 394 g/mol. The van der Waals surface area contributed by atoms with E-state index in [0.29, 0.717) is 22.3 Å². The Kier molecular flexibility index (Phi) is 5.07. The van der Waals surface area contributed by atoms with Gasteiger partial charge in [-0.3, -0.25) is 10.1 Å². The first-order valence-electron chi connectivity index (χ1n) is 8.74. The van der Waals surface area contributed by atoms with Crippen molar-refractivity contribution in [1.82, 2.24) is 9.55 Å². The summed E-state index contributed by atoms with van der Waals surface area (Å²) in [6.45, 7) is 4.50. The van der Waals surface area contributed by atoms with Gasteiger partial charge in [0, 0.05) is 27.4 Å². The Labute approximate surface area is 171 Å². The van der Waals surface area contributed by atoms with Crippen LogP contribution < -0.4 is 5.32 Å². The lowest BCUT2D eigenvalue weighted by molar-refractivity contribution is 0.102. The summed E-state index contributed by atoms with van der Waals surface area (Å²) in [6, 6.07) is 13.2. The van der Waals surface area contributed by atoms with Crippen molar-refractivity contribution in [1.29, 1.82) is 0 Å². The van der Waals surface area contributed by atoms with Gasteiger partial charge >= 0.3 is 0 Å². The van der Waals surface area contributed by atoms with E-state index in [1.807, 2.05) is 61.7 Å². The van der Waals surface area contributed by atoms with Crippen LogP contribution in [0.3, 0.4) is 0 Å². The molecule has 0 aliphatic rings. The summed E-state index contributed by atoms with van der Waals surface area (Å²) in [4.78, 5) is 17.3. The Morgan fingerprint density at radius 2 is 2.07 bits per heavy atom. The molecule has 28 heavy (non-hydrogen) atoms. The highest BCUT2D eigenvalue weighted by Gasteiger charge is 2.18. The lowest BCUT2D eigenvalue weighted by atomic mass is 10.2. The largest absolute Gasteiger partial charge is 0.467 e. The van der Waals surface area contributed by atoms with Gasteiger partial charge in [-0.05, 0) is 38.1 Å². The van der Waals surface area contributed by atoms with Gasteiger partial charge in [-0.25, -0.2) is 4.98 Å². The molecule has 0 unspecified atom stereocenters. The third-order valence-electron chi connectivity index (χ3n) is 4.59. The van der Waals surface area contributed by atoms with Gasteiger partial charge in [-0.1, -0.05) is 29.8 Å². The van der Waals surface area contributed by atoms with Gasteiger partial charge in [0.1, 0.15) is 5.76 Å². The standard InChI is InChI=1S/C21H18ClN3O2S/c1-13-10-17(14(2)25(13)11-15-6-5-9-27-15)20(26)24-21-23-19(12-28-21)16-7-3-4-8-18(16)22/h3-10,12H,11H2,1-2H3,(H,23,24,26). The number of anilines is 1. The summed E-state index contributed by atoms with van der Waals surface area (Å²) in [6.07, 6.45) is 1.65. The van der Waals surface area contributed by atoms with Gasteiger partial charge in [-0.2, -0.15) is 0 Å². The van der Waals surface area contributed by atoms with Crippen LogP contribution in [0.15, 0.2) is 58.5 Å². The van der Waals surface area contributed by atoms with Gasteiger partial charge in [0.2, 0.25) is 0 Å². The number of halogens is 1. The SMILES string of the molecule is Cc1cc(C(=O)Nc2nc(-c3ccccc3Cl)cs2)c(C)n1Cc1ccco1. The van der Waals surface area contributed by atoms with Crippen LogP contribution in [0.5, 0.6) is 0 Å². The summed E-state index contributed by atoms with van der Waals surface area (Å²) >= 11 is 7.61. The number of carbonyl (C=O) groups excluding carboxylic acids is 1. The predicted octanol–water partition coefficient (Wildman–Crippen LogP) is 5.78. The quantitative estimate of drug-likeness (QED) is 0.453. The number of carbonyl (C=O) groups is 1. The van der Waals surface area contributed by atoms with Crippen LogP contribution in [-0.2, 0) is 6.54 Å². The molecule has 142 valence electrons. The number of aromatic nitrogens is 2. The van der Waals surface area contributed by atoms with E-state index in [-0.39, 0.29) is 5.91 Å². The number of rotatable bonds is 5. The Morgan fingerprint density at radius 1 is 1.25 bits per heavy atom. The third-order valence-corrected chi connectivity index (χ3v) is 5.67. The summed E-state index contributed by atoms with van der Waals surface area (Å²) < 4.78 is 7.49. The molecule has 0 saturated heterocycles. The van der Waals surface area contributed by atoms with E-state index in [1.54, 1.807) is 6.26 Å². The summed E-state index contributed by atoms with van der Waals surface area (Å²) in [5.41, 5.74) is 4.09. The van der Waals surface area contributed by atoms with Crippen molar-refractivity contribution in [3.63, 3.8) is 0 Å². The smallest absolute Gasteiger partial charge is 0.259 e. The van der Waals surface area contributed by atoms with E-state index in [4.69, 9.17) is 16.0 Å². The van der Waals surface area contributed by atoms with Gasteiger partial charge < -0.3 is 8.98 Å².